The van der Waals surface area contributed by atoms with Crippen molar-refractivity contribution in [2.75, 3.05) is 12.3 Å². The Hall–Kier alpha value is -1.44. The first-order valence-electron chi connectivity index (χ1n) is 12.6. The van der Waals surface area contributed by atoms with Gasteiger partial charge in [-0.1, -0.05) is 90.9 Å². The molecule has 0 fully saturated rings. The first kappa shape index (κ1) is 29.6. The van der Waals surface area contributed by atoms with E-state index in [2.05, 4.69) is 13.8 Å². The number of sulfone groups is 1. The van der Waals surface area contributed by atoms with Crippen molar-refractivity contribution in [3.8, 4) is 0 Å². The predicted octanol–water partition coefficient (Wildman–Crippen LogP) is 5.06. The minimum atomic E-state index is -3.97. The summed E-state index contributed by atoms with van der Waals surface area (Å²) in [5.41, 5.74) is 6.06. The second kappa shape index (κ2) is 16.2. The lowest BCUT2D eigenvalue weighted by Gasteiger charge is -2.19. The number of carbonyl (C=O) groups is 1. The Bertz CT molecular complexity index is 761. The van der Waals surface area contributed by atoms with Gasteiger partial charge in [-0.05, 0) is 36.6 Å². The molecular weight excluding hydrogens is 438 g/mol. The third kappa shape index (κ3) is 11.5. The molecule has 0 radical (unpaired) electrons. The molecule has 0 bridgehead atoms. The summed E-state index contributed by atoms with van der Waals surface area (Å²) in [5, 5.41) is 17.6. The fraction of sp³-hybridized carbons (Fsp3) is 0.731. The number of Topliss-reactive ketones (excluding diaryl/α,β-unsaturated/α-hetero) is 1. The third-order valence-corrected chi connectivity index (χ3v) is 8.30. The van der Waals surface area contributed by atoms with Gasteiger partial charge in [0.25, 0.3) is 0 Å². The Balaban J connectivity index is 2.37. The lowest BCUT2D eigenvalue weighted by molar-refractivity contribution is -0.128. The zero-order chi connectivity index (χ0) is 24.7. The number of anilines is 1. The summed E-state index contributed by atoms with van der Waals surface area (Å²) in [6.07, 6.45) is 12.3. The van der Waals surface area contributed by atoms with E-state index in [1.165, 1.54) is 75.6 Å². The van der Waals surface area contributed by atoms with Gasteiger partial charge in [0.05, 0.1) is 11.5 Å². The molecule has 0 spiro atoms. The van der Waals surface area contributed by atoms with Crippen LogP contribution in [0.2, 0.25) is 0 Å². The van der Waals surface area contributed by atoms with E-state index in [9.17, 15) is 18.3 Å². The Labute approximate surface area is 200 Å². The molecule has 0 heterocycles. The highest BCUT2D eigenvalue weighted by atomic mass is 32.2. The van der Waals surface area contributed by atoms with Crippen LogP contribution >= 0.6 is 0 Å². The van der Waals surface area contributed by atoms with Crippen molar-refractivity contribution in [1.29, 1.82) is 0 Å². The van der Waals surface area contributed by atoms with Crippen LogP contribution in [0.4, 0.5) is 5.69 Å². The van der Waals surface area contributed by atoms with E-state index in [0.29, 0.717) is 12.1 Å². The van der Waals surface area contributed by atoms with Crippen molar-refractivity contribution >= 4 is 21.3 Å². The topological polar surface area (TPSA) is 118 Å². The maximum atomic E-state index is 13.0. The lowest BCUT2D eigenvalue weighted by Crippen LogP contribution is -2.39. The molecule has 2 atom stereocenters. The van der Waals surface area contributed by atoms with Crippen molar-refractivity contribution < 1.29 is 23.4 Å². The molecule has 4 N–H and O–H groups in total. The highest BCUT2D eigenvalue weighted by molar-refractivity contribution is 7.92. The van der Waals surface area contributed by atoms with Gasteiger partial charge in [0, 0.05) is 5.69 Å². The van der Waals surface area contributed by atoms with Crippen LogP contribution in [0, 0.1) is 5.92 Å². The van der Waals surface area contributed by atoms with Crippen molar-refractivity contribution in [3.05, 3.63) is 24.3 Å². The van der Waals surface area contributed by atoms with E-state index in [1.54, 1.807) is 0 Å². The smallest absolute Gasteiger partial charge is 0.188 e. The van der Waals surface area contributed by atoms with Crippen LogP contribution in [0.15, 0.2) is 29.2 Å². The van der Waals surface area contributed by atoms with Gasteiger partial charge in [-0.3, -0.25) is 4.79 Å². The van der Waals surface area contributed by atoms with E-state index in [1.807, 2.05) is 0 Å². The van der Waals surface area contributed by atoms with Crippen LogP contribution in [0.25, 0.3) is 0 Å². The number of aliphatic hydroxyl groups excluding tert-OH is 2. The van der Waals surface area contributed by atoms with E-state index in [-0.39, 0.29) is 11.3 Å². The van der Waals surface area contributed by atoms with Gasteiger partial charge < -0.3 is 15.9 Å². The zero-order valence-electron chi connectivity index (χ0n) is 20.5. The summed E-state index contributed by atoms with van der Waals surface area (Å²) in [6.45, 7) is 3.76. The van der Waals surface area contributed by atoms with Gasteiger partial charge in [0.1, 0.15) is 11.4 Å². The van der Waals surface area contributed by atoms with Gasteiger partial charge in [0.2, 0.25) is 0 Å². The molecule has 0 saturated heterocycles. The number of benzene rings is 1. The average Bonchev–Trinajstić information content (AvgIpc) is 2.78. The largest absolute Gasteiger partial charge is 0.399 e. The maximum absolute atomic E-state index is 13.0. The number of nitrogen functional groups attached to an aromatic ring is 1. The van der Waals surface area contributed by atoms with Crippen molar-refractivity contribution in [2.45, 2.75) is 114 Å². The monoisotopic (exact) mass is 483 g/mol. The Kier molecular flexibility index (Phi) is 14.6. The third-order valence-electron chi connectivity index (χ3n) is 6.15. The molecule has 7 heteroatoms. The molecule has 2 unspecified atom stereocenters. The summed E-state index contributed by atoms with van der Waals surface area (Å²) in [6, 6.07) is 5.70. The van der Waals surface area contributed by atoms with Crippen LogP contribution in [-0.2, 0) is 14.6 Å². The maximum Gasteiger partial charge on any atom is 0.188 e. The molecule has 6 nitrogen and oxygen atoms in total. The molecule has 0 saturated carbocycles. The van der Waals surface area contributed by atoms with Crippen LogP contribution < -0.4 is 5.73 Å². The zero-order valence-corrected chi connectivity index (χ0v) is 21.4. The van der Waals surface area contributed by atoms with Crippen molar-refractivity contribution in [2.24, 2.45) is 5.92 Å². The molecule has 33 heavy (non-hydrogen) atoms. The highest BCUT2D eigenvalue weighted by Crippen LogP contribution is 2.24. The second-order valence-electron chi connectivity index (χ2n) is 9.56. The fourth-order valence-electron chi connectivity index (χ4n) is 4.05. The Morgan fingerprint density at radius 2 is 1.24 bits per heavy atom. The minimum absolute atomic E-state index is 0.00407. The number of nitrogens with two attached hydrogens (primary N) is 1. The summed E-state index contributed by atoms with van der Waals surface area (Å²) < 4.78 is 26.0. The summed E-state index contributed by atoms with van der Waals surface area (Å²) in [4.78, 5) is 12.5. The minimum Gasteiger partial charge on any atom is -0.399 e. The van der Waals surface area contributed by atoms with Crippen LogP contribution in [0.3, 0.4) is 0 Å². The fourth-order valence-corrected chi connectivity index (χ4v) is 5.83. The molecule has 0 amide bonds. The predicted molar refractivity (Wildman–Crippen MR) is 135 cm³/mol. The molecule has 1 rings (SSSR count). The molecular formula is C26H45NO5S. The molecule has 1 aromatic carbocycles. The Morgan fingerprint density at radius 3 is 1.67 bits per heavy atom. The summed E-state index contributed by atoms with van der Waals surface area (Å²) in [7, 11) is -3.97. The van der Waals surface area contributed by atoms with E-state index in [4.69, 9.17) is 10.8 Å². The number of unbranched alkanes of at least 4 members (excludes halogenated alkanes) is 10. The van der Waals surface area contributed by atoms with E-state index in [0.717, 1.165) is 25.2 Å². The van der Waals surface area contributed by atoms with Gasteiger partial charge in [-0.15, -0.1) is 0 Å². The number of hydrogen-bond donors (Lipinski definition) is 3. The quantitative estimate of drug-likeness (QED) is 0.187. The van der Waals surface area contributed by atoms with Gasteiger partial charge in [-0.25, -0.2) is 8.42 Å². The molecule has 0 aliphatic carbocycles. The summed E-state index contributed by atoms with van der Waals surface area (Å²) in [5.74, 6) is -0.0429. The molecule has 0 aliphatic heterocycles. The normalized spacial score (nSPS) is 13.8. The van der Waals surface area contributed by atoms with E-state index < -0.39 is 33.6 Å². The molecule has 190 valence electrons. The lowest BCUT2D eigenvalue weighted by atomic mass is 10.0. The first-order chi connectivity index (χ1) is 15.7. The second-order valence-corrected chi connectivity index (χ2v) is 11.7. The van der Waals surface area contributed by atoms with Crippen LogP contribution in [0.5, 0.6) is 0 Å². The SMILES string of the molecule is CC(C)CCCCCCCCCCCCCC(C(=O)C(O)CO)S(=O)(=O)c1ccc(N)cc1. The van der Waals surface area contributed by atoms with Gasteiger partial charge in [0.15, 0.2) is 15.6 Å². The van der Waals surface area contributed by atoms with E-state index >= 15 is 0 Å². The van der Waals surface area contributed by atoms with Crippen LogP contribution in [0.1, 0.15) is 97.3 Å². The number of carbonyl (C=O) groups excluding carboxylic acids is 1. The van der Waals surface area contributed by atoms with Crippen molar-refractivity contribution in [3.63, 3.8) is 0 Å². The van der Waals surface area contributed by atoms with Crippen molar-refractivity contribution in [1.82, 2.24) is 0 Å². The highest BCUT2D eigenvalue weighted by Gasteiger charge is 2.36. The number of aliphatic hydroxyl groups is 2. The number of ketones is 1. The standard InChI is InChI=1S/C26H45NO5S/c1-21(2)14-12-10-8-6-4-3-5-7-9-11-13-15-25(26(30)24(29)20-28)33(31,32)23-18-16-22(27)17-19-23/h16-19,21,24-25,28-29H,3-15,20,27H2,1-2H3. The number of rotatable bonds is 19. The van der Waals surface area contributed by atoms with Crippen LogP contribution in [-0.4, -0.2) is 42.4 Å². The first-order valence-corrected chi connectivity index (χ1v) is 14.2. The molecule has 0 aromatic heterocycles. The molecule has 0 aliphatic rings. The average molecular weight is 484 g/mol. The summed E-state index contributed by atoms with van der Waals surface area (Å²) >= 11 is 0. The van der Waals surface area contributed by atoms with Gasteiger partial charge >= 0.3 is 0 Å². The molecule has 1 aromatic rings. The number of hydrogen-bond acceptors (Lipinski definition) is 6. The Morgan fingerprint density at radius 1 is 0.818 bits per heavy atom. The van der Waals surface area contributed by atoms with Gasteiger partial charge in [-0.2, -0.15) is 0 Å².